The third-order valence-electron chi connectivity index (χ3n) is 3.62. The van der Waals surface area contributed by atoms with Crippen LogP contribution in [-0.4, -0.2) is 19.0 Å². The van der Waals surface area contributed by atoms with Gasteiger partial charge in [0.05, 0.1) is 13.2 Å². The summed E-state index contributed by atoms with van der Waals surface area (Å²) in [6, 6.07) is 5.78. The first kappa shape index (κ1) is 13.9. The third kappa shape index (κ3) is 3.72. The minimum atomic E-state index is 0.247. The Kier molecular flexibility index (Phi) is 4.83. The second-order valence-electron chi connectivity index (χ2n) is 5.08. The standard InChI is InChI=1S/C16H22O3/c1-3-13(17)10-12-8-9-15(18-2)16(11-12)19-14-6-4-5-7-14/h8-9,11,14H,3-7,10H2,1-2H3. The lowest BCUT2D eigenvalue weighted by molar-refractivity contribution is -0.118. The van der Waals surface area contributed by atoms with E-state index in [1.165, 1.54) is 12.8 Å². The molecular weight excluding hydrogens is 240 g/mol. The number of ketones is 1. The van der Waals surface area contributed by atoms with Crippen molar-refractivity contribution in [2.45, 2.75) is 51.6 Å². The molecule has 0 N–H and O–H groups in total. The summed E-state index contributed by atoms with van der Waals surface area (Å²) in [4.78, 5) is 11.5. The number of hydrogen-bond donors (Lipinski definition) is 0. The van der Waals surface area contributed by atoms with Crippen molar-refractivity contribution in [3.8, 4) is 11.5 Å². The molecule has 0 aromatic heterocycles. The van der Waals surface area contributed by atoms with Crippen LogP contribution in [0.5, 0.6) is 11.5 Å². The van der Waals surface area contributed by atoms with E-state index in [0.717, 1.165) is 29.9 Å². The van der Waals surface area contributed by atoms with Gasteiger partial charge in [-0.2, -0.15) is 0 Å². The van der Waals surface area contributed by atoms with E-state index in [-0.39, 0.29) is 5.78 Å². The van der Waals surface area contributed by atoms with Crippen LogP contribution < -0.4 is 9.47 Å². The Balaban J connectivity index is 2.13. The van der Waals surface area contributed by atoms with Gasteiger partial charge in [0, 0.05) is 12.8 Å². The lowest BCUT2D eigenvalue weighted by Gasteiger charge is -2.16. The zero-order chi connectivity index (χ0) is 13.7. The van der Waals surface area contributed by atoms with E-state index in [0.29, 0.717) is 18.9 Å². The van der Waals surface area contributed by atoms with Crippen LogP contribution in [0.3, 0.4) is 0 Å². The lowest BCUT2D eigenvalue weighted by atomic mass is 10.1. The van der Waals surface area contributed by atoms with Gasteiger partial charge >= 0.3 is 0 Å². The molecule has 3 nitrogen and oxygen atoms in total. The fraction of sp³-hybridized carbons (Fsp3) is 0.562. The molecule has 3 heteroatoms. The number of carbonyl (C=O) groups is 1. The Morgan fingerprint density at radius 2 is 2.00 bits per heavy atom. The number of hydrogen-bond acceptors (Lipinski definition) is 3. The maximum absolute atomic E-state index is 11.5. The summed E-state index contributed by atoms with van der Waals surface area (Å²) in [7, 11) is 1.65. The molecule has 19 heavy (non-hydrogen) atoms. The fourth-order valence-corrected chi connectivity index (χ4v) is 2.46. The van der Waals surface area contributed by atoms with Gasteiger partial charge in [0.25, 0.3) is 0 Å². The first-order chi connectivity index (χ1) is 9.22. The monoisotopic (exact) mass is 262 g/mol. The molecule has 0 heterocycles. The van der Waals surface area contributed by atoms with Gasteiger partial charge in [0.1, 0.15) is 5.78 Å². The van der Waals surface area contributed by atoms with Crippen molar-refractivity contribution in [2.24, 2.45) is 0 Å². The number of methoxy groups -OCH3 is 1. The summed E-state index contributed by atoms with van der Waals surface area (Å²) in [6.45, 7) is 1.89. The zero-order valence-corrected chi connectivity index (χ0v) is 11.8. The summed E-state index contributed by atoms with van der Waals surface area (Å²) in [5.74, 6) is 1.77. The van der Waals surface area contributed by atoms with Crippen LogP contribution >= 0.6 is 0 Å². The largest absolute Gasteiger partial charge is 0.493 e. The second-order valence-corrected chi connectivity index (χ2v) is 5.08. The SMILES string of the molecule is CCC(=O)Cc1ccc(OC)c(OC2CCCC2)c1. The molecule has 2 rings (SSSR count). The molecule has 0 unspecified atom stereocenters. The normalized spacial score (nSPS) is 15.5. The molecule has 1 aliphatic carbocycles. The molecule has 0 aliphatic heterocycles. The van der Waals surface area contributed by atoms with E-state index in [1.54, 1.807) is 7.11 Å². The second kappa shape index (κ2) is 6.60. The molecule has 104 valence electrons. The predicted molar refractivity (Wildman–Crippen MR) is 74.9 cm³/mol. The van der Waals surface area contributed by atoms with Gasteiger partial charge < -0.3 is 9.47 Å². The lowest BCUT2D eigenvalue weighted by Crippen LogP contribution is -2.12. The van der Waals surface area contributed by atoms with Gasteiger partial charge in [0.2, 0.25) is 0 Å². The highest BCUT2D eigenvalue weighted by molar-refractivity contribution is 5.80. The van der Waals surface area contributed by atoms with Crippen molar-refractivity contribution >= 4 is 5.78 Å². The number of Topliss-reactive ketones (excluding diaryl/α,β-unsaturated/α-hetero) is 1. The van der Waals surface area contributed by atoms with Crippen molar-refractivity contribution in [2.75, 3.05) is 7.11 Å². The van der Waals surface area contributed by atoms with E-state index in [4.69, 9.17) is 9.47 Å². The molecule has 0 spiro atoms. The number of rotatable bonds is 6. The van der Waals surface area contributed by atoms with Crippen molar-refractivity contribution in [3.63, 3.8) is 0 Å². The highest BCUT2D eigenvalue weighted by Crippen LogP contribution is 2.32. The number of carbonyl (C=O) groups excluding carboxylic acids is 1. The van der Waals surface area contributed by atoms with E-state index in [1.807, 2.05) is 25.1 Å². The van der Waals surface area contributed by atoms with E-state index in [2.05, 4.69) is 0 Å². The van der Waals surface area contributed by atoms with Crippen LogP contribution in [0, 0.1) is 0 Å². The molecular formula is C16H22O3. The van der Waals surface area contributed by atoms with Crippen LogP contribution in [0.1, 0.15) is 44.6 Å². The average Bonchev–Trinajstić information content (AvgIpc) is 2.92. The molecule has 1 fully saturated rings. The van der Waals surface area contributed by atoms with Gasteiger partial charge in [-0.1, -0.05) is 13.0 Å². The highest BCUT2D eigenvalue weighted by atomic mass is 16.5. The van der Waals surface area contributed by atoms with Crippen molar-refractivity contribution < 1.29 is 14.3 Å². The van der Waals surface area contributed by atoms with Crippen molar-refractivity contribution in [1.82, 2.24) is 0 Å². The minimum absolute atomic E-state index is 0.247. The zero-order valence-electron chi connectivity index (χ0n) is 11.8. The van der Waals surface area contributed by atoms with E-state index >= 15 is 0 Å². The molecule has 0 saturated heterocycles. The molecule has 1 aliphatic rings. The number of ether oxygens (including phenoxy) is 2. The topological polar surface area (TPSA) is 35.5 Å². The molecule has 1 saturated carbocycles. The molecule has 1 aromatic carbocycles. The van der Waals surface area contributed by atoms with E-state index in [9.17, 15) is 4.79 Å². The average molecular weight is 262 g/mol. The van der Waals surface area contributed by atoms with E-state index < -0.39 is 0 Å². The van der Waals surface area contributed by atoms with Crippen molar-refractivity contribution in [1.29, 1.82) is 0 Å². The van der Waals surface area contributed by atoms with Crippen molar-refractivity contribution in [3.05, 3.63) is 23.8 Å². The first-order valence-electron chi connectivity index (χ1n) is 7.08. The van der Waals surface area contributed by atoms with Gasteiger partial charge in [-0.3, -0.25) is 4.79 Å². The predicted octanol–water partition coefficient (Wildman–Crippen LogP) is 3.54. The highest BCUT2D eigenvalue weighted by Gasteiger charge is 2.18. The van der Waals surface area contributed by atoms with Crippen LogP contribution in [0.4, 0.5) is 0 Å². The van der Waals surface area contributed by atoms with Crippen LogP contribution in [-0.2, 0) is 11.2 Å². The van der Waals surface area contributed by atoms with Crippen LogP contribution in [0.2, 0.25) is 0 Å². The van der Waals surface area contributed by atoms with Crippen LogP contribution in [0.25, 0.3) is 0 Å². The Labute approximate surface area is 114 Å². The summed E-state index contributed by atoms with van der Waals surface area (Å²) < 4.78 is 11.3. The Hall–Kier alpha value is -1.51. The van der Waals surface area contributed by atoms with Crippen LogP contribution in [0.15, 0.2) is 18.2 Å². The Morgan fingerprint density at radius 3 is 2.63 bits per heavy atom. The summed E-state index contributed by atoms with van der Waals surface area (Å²) in [5, 5.41) is 0. The molecule has 0 radical (unpaired) electrons. The maximum Gasteiger partial charge on any atom is 0.161 e. The Morgan fingerprint density at radius 1 is 1.26 bits per heavy atom. The minimum Gasteiger partial charge on any atom is -0.493 e. The molecule has 0 atom stereocenters. The van der Waals surface area contributed by atoms with Gasteiger partial charge in [-0.15, -0.1) is 0 Å². The third-order valence-corrected chi connectivity index (χ3v) is 3.62. The molecule has 0 amide bonds. The molecule has 0 bridgehead atoms. The quantitative estimate of drug-likeness (QED) is 0.786. The Bertz CT molecular complexity index is 434. The number of benzene rings is 1. The van der Waals surface area contributed by atoms with Gasteiger partial charge in [0.15, 0.2) is 11.5 Å². The van der Waals surface area contributed by atoms with Gasteiger partial charge in [-0.05, 0) is 43.4 Å². The van der Waals surface area contributed by atoms with Gasteiger partial charge in [-0.25, -0.2) is 0 Å². The first-order valence-corrected chi connectivity index (χ1v) is 7.08. The fourth-order valence-electron chi connectivity index (χ4n) is 2.46. The summed E-state index contributed by atoms with van der Waals surface area (Å²) >= 11 is 0. The smallest absolute Gasteiger partial charge is 0.161 e. The summed E-state index contributed by atoms with van der Waals surface area (Å²) in [5.41, 5.74) is 1.00. The summed E-state index contributed by atoms with van der Waals surface area (Å²) in [6.07, 6.45) is 6.04. The molecule has 1 aromatic rings. The maximum atomic E-state index is 11.5.